The summed E-state index contributed by atoms with van der Waals surface area (Å²) in [7, 11) is 0. The zero-order valence-corrected chi connectivity index (χ0v) is 12.4. The molecule has 5 heteroatoms. The van der Waals surface area contributed by atoms with E-state index in [9.17, 15) is 4.79 Å². The van der Waals surface area contributed by atoms with Crippen molar-refractivity contribution in [3.63, 3.8) is 0 Å². The molecule has 2 heterocycles. The molecule has 0 spiro atoms. The summed E-state index contributed by atoms with van der Waals surface area (Å²) in [5.41, 5.74) is 0. The van der Waals surface area contributed by atoms with E-state index in [1.165, 1.54) is 0 Å². The van der Waals surface area contributed by atoms with E-state index in [0.717, 1.165) is 38.2 Å². The maximum absolute atomic E-state index is 11.8. The molecule has 0 saturated carbocycles. The van der Waals surface area contributed by atoms with Crippen molar-refractivity contribution in [2.24, 2.45) is 5.92 Å². The van der Waals surface area contributed by atoms with Crippen molar-refractivity contribution in [3.05, 3.63) is 24.2 Å². The fraction of sp³-hybridized carbons (Fsp3) is 0.667. The molecule has 0 atom stereocenters. The Hall–Kier alpha value is -1.49. The van der Waals surface area contributed by atoms with Gasteiger partial charge in [0.15, 0.2) is 0 Å². The molecule has 0 unspecified atom stereocenters. The Morgan fingerprint density at radius 2 is 2.20 bits per heavy atom. The number of nitrogens with zero attached hydrogens (tertiary/aromatic N) is 1. The van der Waals surface area contributed by atoms with Crippen LogP contribution in [0.15, 0.2) is 22.8 Å². The number of urea groups is 1. The summed E-state index contributed by atoms with van der Waals surface area (Å²) in [6.07, 6.45) is 3.67. The van der Waals surface area contributed by atoms with Gasteiger partial charge in [-0.15, -0.1) is 0 Å². The third-order valence-corrected chi connectivity index (χ3v) is 3.55. The molecule has 1 saturated heterocycles. The topological polar surface area (TPSA) is 57.5 Å². The van der Waals surface area contributed by atoms with E-state index in [1.807, 2.05) is 12.1 Å². The first-order chi connectivity index (χ1) is 9.63. The second kappa shape index (κ2) is 7.33. The minimum Gasteiger partial charge on any atom is -0.467 e. The van der Waals surface area contributed by atoms with Gasteiger partial charge in [-0.1, -0.05) is 13.8 Å². The van der Waals surface area contributed by atoms with Crippen molar-refractivity contribution in [1.29, 1.82) is 0 Å². The molecule has 5 nitrogen and oxygen atoms in total. The zero-order valence-electron chi connectivity index (χ0n) is 12.4. The van der Waals surface area contributed by atoms with Gasteiger partial charge in [-0.2, -0.15) is 0 Å². The van der Waals surface area contributed by atoms with Gasteiger partial charge < -0.3 is 20.0 Å². The molecule has 1 aromatic rings. The highest BCUT2D eigenvalue weighted by molar-refractivity contribution is 5.74. The minimum absolute atomic E-state index is 0.108. The fourth-order valence-corrected chi connectivity index (χ4v) is 2.59. The monoisotopic (exact) mass is 279 g/mol. The van der Waals surface area contributed by atoms with Crippen LogP contribution >= 0.6 is 0 Å². The van der Waals surface area contributed by atoms with Crippen LogP contribution in [0.2, 0.25) is 0 Å². The molecular formula is C15H25N3O2. The van der Waals surface area contributed by atoms with Gasteiger partial charge in [0.1, 0.15) is 5.76 Å². The summed E-state index contributed by atoms with van der Waals surface area (Å²) in [4.78, 5) is 14.3. The van der Waals surface area contributed by atoms with Crippen LogP contribution in [-0.2, 0) is 6.54 Å². The normalized spacial score (nSPS) is 17.4. The number of likely N-dealkylation sites (tertiary alicyclic amines) is 1. The molecule has 0 bridgehead atoms. The van der Waals surface area contributed by atoms with E-state index < -0.39 is 0 Å². The van der Waals surface area contributed by atoms with Crippen molar-refractivity contribution in [2.45, 2.75) is 39.3 Å². The van der Waals surface area contributed by atoms with Gasteiger partial charge in [0.05, 0.1) is 12.8 Å². The van der Waals surface area contributed by atoms with E-state index in [-0.39, 0.29) is 12.1 Å². The van der Waals surface area contributed by atoms with Gasteiger partial charge in [0.2, 0.25) is 0 Å². The van der Waals surface area contributed by atoms with Crippen molar-refractivity contribution >= 4 is 6.03 Å². The van der Waals surface area contributed by atoms with Crippen LogP contribution in [0.25, 0.3) is 0 Å². The molecule has 2 amide bonds. The number of nitrogens with one attached hydrogen (secondary N) is 2. The first-order valence-corrected chi connectivity index (χ1v) is 7.42. The SMILES string of the molecule is CC(C)CN1CCC(NC(=O)NCc2ccco2)CC1. The molecule has 112 valence electrons. The van der Waals surface area contributed by atoms with E-state index in [4.69, 9.17) is 4.42 Å². The Kier molecular flexibility index (Phi) is 5.47. The Labute approximate surface area is 120 Å². The Morgan fingerprint density at radius 3 is 2.80 bits per heavy atom. The second-order valence-electron chi connectivity index (χ2n) is 5.88. The van der Waals surface area contributed by atoms with Crippen LogP contribution < -0.4 is 10.6 Å². The molecule has 2 N–H and O–H groups in total. The zero-order chi connectivity index (χ0) is 14.4. The molecule has 20 heavy (non-hydrogen) atoms. The fourth-order valence-electron chi connectivity index (χ4n) is 2.59. The van der Waals surface area contributed by atoms with E-state index in [2.05, 4.69) is 29.4 Å². The number of amides is 2. The van der Waals surface area contributed by atoms with Crippen LogP contribution in [0.1, 0.15) is 32.4 Å². The van der Waals surface area contributed by atoms with Crippen molar-refractivity contribution in [2.75, 3.05) is 19.6 Å². The maximum atomic E-state index is 11.8. The molecule has 1 fully saturated rings. The molecule has 0 aromatic carbocycles. The lowest BCUT2D eigenvalue weighted by molar-refractivity contribution is 0.177. The predicted octanol–water partition coefficient (Wildman–Crippen LogP) is 2.20. The third kappa shape index (κ3) is 4.89. The number of carbonyl (C=O) groups is 1. The smallest absolute Gasteiger partial charge is 0.315 e. The number of hydrogen-bond donors (Lipinski definition) is 2. The second-order valence-corrected chi connectivity index (χ2v) is 5.88. The van der Waals surface area contributed by atoms with Crippen molar-refractivity contribution in [1.82, 2.24) is 15.5 Å². The Balaban J connectivity index is 1.63. The first-order valence-electron chi connectivity index (χ1n) is 7.42. The van der Waals surface area contributed by atoms with E-state index >= 15 is 0 Å². The van der Waals surface area contributed by atoms with Gasteiger partial charge in [-0.3, -0.25) is 0 Å². The highest BCUT2D eigenvalue weighted by atomic mass is 16.3. The van der Waals surface area contributed by atoms with Crippen LogP contribution in [0, 0.1) is 5.92 Å². The predicted molar refractivity (Wildman–Crippen MR) is 78.4 cm³/mol. The van der Waals surface area contributed by atoms with Crippen molar-refractivity contribution < 1.29 is 9.21 Å². The molecule has 2 rings (SSSR count). The molecule has 1 aliphatic rings. The largest absolute Gasteiger partial charge is 0.467 e. The van der Waals surface area contributed by atoms with Crippen LogP contribution in [0.4, 0.5) is 4.79 Å². The highest BCUT2D eigenvalue weighted by Crippen LogP contribution is 2.12. The summed E-state index contributed by atoms with van der Waals surface area (Å²) in [6.45, 7) is 8.21. The average Bonchev–Trinajstić information content (AvgIpc) is 2.91. The number of carbonyl (C=O) groups excluding carboxylic acids is 1. The van der Waals surface area contributed by atoms with E-state index in [1.54, 1.807) is 6.26 Å². The van der Waals surface area contributed by atoms with Gasteiger partial charge in [-0.05, 0) is 30.9 Å². The molecule has 0 aliphatic carbocycles. The summed E-state index contributed by atoms with van der Waals surface area (Å²) in [5.74, 6) is 1.48. The lowest BCUT2D eigenvalue weighted by Crippen LogP contribution is -2.48. The lowest BCUT2D eigenvalue weighted by atomic mass is 10.0. The van der Waals surface area contributed by atoms with Crippen LogP contribution in [0.5, 0.6) is 0 Å². The molecule has 1 aromatic heterocycles. The van der Waals surface area contributed by atoms with Gasteiger partial charge in [0.25, 0.3) is 0 Å². The Morgan fingerprint density at radius 1 is 1.45 bits per heavy atom. The number of furan rings is 1. The number of hydrogen-bond acceptors (Lipinski definition) is 3. The maximum Gasteiger partial charge on any atom is 0.315 e. The van der Waals surface area contributed by atoms with Crippen LogP contribution in [-0.4, -0.2) is 36.6 Å². The first kappa shape index (κ1) is 14.9. The lowest BCUT2D eigenvalue weighted by Gasteiger charge is -2.33. The number of piperidine rings is 1. The van der Waals surface area contributed by atoms with E-state index in [0.29, 0.717) is 12.5 Å². The third-order valence-electron chi connectivity index (χ3n) is 3.55. The molecule has 0 radical (unpaired) electrons. The number of rotatable bonds is 5. The van der Waals surface area contributed by atoms with Gasteiger partial charge >= 0.3 is 6.03 Å². The van der Waals surface area contributed by atoms with Gasteiger partial charge in [0, 0.05) is 25.7 Å². The van der Waals surface area contributed by atoms with Gasteiger partial charge in [-0.25, -0.2) is 4.79 Å². The summed E-state index contributed by atoms with van der Waals surface area (Å²) < 4.78 is 5.18. The quantitative estimate of drug-likeness (QED) is 0.868. The van der Waals surface area contributed by atoms with Crippen LogP contribution in [0.3, 0.4) is 0 Å². The summed E-state index contributed by atoms with van der Waals surface area (Å²) in [6, 6.07) is 3.85. The Bertz CT molecular complexity index is 395. The molecular weight excluding hydrogens is 254 g/mol. The van der Waals surface area contributed by atoms with Crippen molar-refractivity contribution in [3.8, 4) is 0 Å². The minimum atomic E-state index is -0.108. The highest BCUT2D eigenvalue weighted by Gasteiger charge is 2.20. The average molecular weight is 279 g/mol. The summed E-state index contributed by atoms with van der Waals surface area (Å²) >= 11 is 0. The summed E-state index contributed by atoms with van der Waals surface area (Å²) in [5, 5.41) is 5.86. The molecule has 1 aliphatic heterocycles. The standard InChI is InChI=1S/C15H25N3O2/c1-12(2)11-18-7-5-13(6-8-18)17-15(19)16-10-14-4-3-9-20-14/h3-4,9,12-13H,5-8,10-11H2,1-2H3,(H2,16,17,19).